The summed E-state index contributed by atoms with van der Waals surface area (Å²) in [5, 5.41) is 3.23. The van der Waals surface area contributed by atoms with Crippen molar-refractivity contribution in [1.82, 2.24) is 19.9 Å². The van der Waals surface area contributed by atoms with Crippen LogP contribution >= 0.6 is 11.6 Å². The quantitative estimate of drug-likeness (QED) is 0.245. The van der Waals surface area contributed by atoms with Gasteiger partial charge in [-0.1, -0.05) is 31.2 Å². The summed E-state index contributed by atoms with van der Waals surface area (Å²) in [5.41, 5.74) is 2.90. The van der Waals surface area contributed by atoms with Crippen LogP contribution in [0.1, 0.15) is 26.2 Å². The average molecular weight is 531 g/mol. The Kier molecular flexibility index (Phi) is 8.53. The number of aromatic nitrogens is 3. The summed E-state index contributed by atoms with van der Waals surface area (Å²) in [7, 11) is -1.19. The second kappa shape index (κ2) is 11.6. The van der Waals surface area contributed by atoms with Gasteiger partial charge in [-0.05, 0) is 55.6 Å². The number of nitrogens with zero attached hydrogens (tertiary/aromatic N) is 3. The van der Waals surface area contributed by atoms with Gasteiger partial charge < -0.3 is 19.5 Å². The van der Waals surface area contributed by atoms with Crippen LogP contribution in [-0.4, -0.2) is 54.4 Å². The number of hydrogen-bond donors (Lipinski definition) is 1. The van der Waals surface area contributed by atoms with Crippen molar-refractivity contribution in [2.75, 3.05) is 19.8 Å². The smallest absolute Gasteiger partial charge is 0.300 e. The van der Waals surface area contributed by atoms with E-state index in [1.165, 1.54) is 13.3 Å². The lowest BCUT2D eigenvalue weighted by molar-refractivity contribution is -0.119. The maximum Gasteiger partial charge on any atom is 0.300 e. The van der Waals surface area contributed by atoms with E-state index in [9.17, 15) is 4.79 Å². The number of halogens is 1. The third kappa shape index (κ3) is 6.99. The summed E-state index contributed by atoms with van der Waals surface area (Å²) in [6.07, 6.45) is 3.45. The van der Waals surface area contributed by atoms with Crippen LogP contribution in [0.2, 0.25) is 30.7 Å². The Bertz CT molecular complexity index is 1190. The van der Waals surface area contributed by atoms with Crippen LogP contribution in [0.25, 0.3) is 22.4 Å². The van der Waals surface area contributed by atoms with Gasteiger partial charge in [-0.2, -0.15) is 4.98 Å². The summed E-state index contributed by atoms with van der Waals surface area (Å²) in [5.74, 6) is 0.630. The molecule has 0 saturated heterocycles. The molecule has 36 heavy (non-hydrogen) atoms. The molecule has 2 heterocycles. The molecule has 0 spiro atoms. The van der Waals surface area contributed by atoms with Gasteiger partial charge >= 0.3 is 6.01 Å². The minimum absolute atomic E-state index is 0.0769. The van der Waals surface area contributed by atoms with Gasteiger partial charge in [-0.3, -0.25) is 9.36 Å². The molecule has 1 saturated carbocycles. The van der Waals surface area contributed by atoms with Gasteiger partial charge in [0.25, 0.3) is 0 Å². The fraction of sp³-hybridized carbons (Fsp3) is 0.500. The van der Waals surface area contributed by atoms with Crippen LogP contribution in [0.4, 0.5) is 0 Å². The van der Waals surface area contributed by atoms with E-state index >= 15 is 0 Å². The molecule has 0 radical (unpaired) electrons. The Balaban J connectivity index is 1.55. The van der Waals surface area contributed by atoms with Gasteiger partial charge in [0.15, 0.2) is 5.65 Å². The lowest BCUT2D eigenvalue weighted by Crippen LogP contribution is -2.26. The van der Waals surface area contributed by atoms with E-state index in [0.717, 1.165) is 24.4 Å². The molecule has 1 N–H and O–H groups in total. The molecule has 1 fully saturated rings. The number of hydrogen-bond acceptors (Lipinski definition) is 6. The van der Waals surface area contributed by atoms with Crippen molar-refractivity contribution in [3.63, 3.8) is 0 Å². The maximum absolute atomic E-state index is 11.0. The van der Waals surface area contributed by atoms with E-state index < -0.39 is 8.07 Å². The third-order valence-electron chi connectivity index (χ3n) is 6.05. The summed E-state index contributed by atoms with van der Waals surface area (Å²) >= 11 is 6.64. The molecule has 0 bridgehead atoms. The molecule has 194 valence electrons. The summed E-state index contributed by atoms with van der Waals surface area (Å²) in [6.45, 7) is 10.4. The molecule has 1 amide bonds. The van der Waals surface area contributed by atoms with Crippen molar-refractivity contribution >= 4 is 36.7 Å². The van der Waals surface area contributed by atoms with Crippen molar-refractivity contribution in [2.24, 2.45) is 0 Å². The van der Waals surface area contributed by atoms with E-state index in [0.29, 0.717) is 60.1 Å². The van der Waals surface area contributed by atoms with E-state index in [-0.39, 0.29) is 12.0 Å². The monoisotopic (exact) mass is 530 g/mol. The van der Waals surface area contributed by atoms with Gasteiger partial charge in [0.2, 0.25) is 5.91 Å². The minimum Gasteiger partial charge on any atom is -0.492 e. The summed E-state index contributed by atoms with van der Waals surface area (Å²) < 4.78 is 19.8. The first kappa shape index (κ1) is 26.4. The highest BCUT2D eigenvalue weighted by Gasteiger charge is 2.24. The molecule has 3 aromatic rings. The van der Waals surface area contributed by atoms with Crippen molar-refractivity contribution in [1.29, 1.82) is 0 Å². The van der Waals surface area contributed by atoms with Crippen LogP contribution in [0.15, 0.2) is 30.3 Å². The zero-order chi connectivity index (χ0) is 25.7. The highest BCUT2D eigenvalue weighted by molar-refractivity contribution is 6.76. The number of carbonyl (C=O) groups excluding carboxylic acids is 1. The molecule has 1 aliphatic carbocycles. The fourth-order valence-electron chi connectivity index (χ4n) is 3.69. The predicted molar refractivity (Wildman–Crippen MR) is 145 cm³/mol. The largest absolute Gasteiger partial charge is 0.492 e. The van der Waals surface area contributed by atoms with Crippen molar-refractivity contribution in [2.45, 2.75) is 64.7 Å². The number of imidazole rings is 1. The standard InChI is InChI=1S/C26H35ClN4O4Si/c1-18(32)28-12-13-34-20-10-8-19(9-11-20)24-22(27)16-23-25(30-24)31(17-33-14-15-36(2,3)4)26(29-23)35-21-6-5-7-21/h8-11,16,21H,5-7,12-15,17H2,1-4H3,(H,28,32). The number of carbonyl (C=O) groups is 1. The highest BCUT2D eigenvalue weighted by atomic mass is 35.5. The van der Waals surface area contributed by atoms with Crippen molar-refractivity contribution < 1.29 is 19.0 Å². The van der Waals surface area contributed by atoms with Gasteiger partial charge in [-0.25, -0.2) is 4.98 Å². The number of rotatable bonds is 12. The Morgan fingerprint density at radius 1 is 1.17 bits per heavy atom. The first-order valence-electron chi connectivity index (χ1n) is 12.5. The zero-order valence-electron chi connectivity index (χ0n) is 21.5. The van der Waals surface area contributed by atoms with Crippen LogP contribution in [0.3, 0.4) is 0 Å². The molecule has 1 aromatic carbocycles. The fourth-order valence-corrected chi connectivity index (χ4v) is 4.70. The molecule has 4 rings (SSSR count). The van der Waals surface area contributed by atoms with Crippen LogP contribution in [0, 0.1) is 0 Å². The minimum atomic E-state index is -1.19. The molecule has 8 nitrogen and oxygen atoms in total. The molecule has 1 aliphatic rings. The Labute approximate surface area is 218 Å². The number of nitrogens with one attached hydrogen (secondary N) is 1. The molecule has 0 aliphatic heterocycles. The SMILES string of the molecule is CC(=O)NCCOc1ccc(-c2nc3c(cc2Cl)nc(OC2CCC2)n3COCC[Si](C)(C)C)cc1. The van der Waals surface area contributed by atoms with E-state index in [1.54, 1.807) is 0 Å². The number of ether oxygens (including phenoxy) is 3. The Morgan fingerprint density at radius 2 is 1.92 bits per heavy atom. The van der Waals surface area contributed by atoms with Gasteiger partial charge in [-0.15, -0.1) is 0 Å². The van der Waals surface area contributed by atoms with Gasteiger partial charge in [0.05, 0.1) is 17.3 Å². The predicted octanol–water partition coefficient (Wildman–Crippen LogP) is 5.51. The number of amides is 1. The molecule has 0 atom stereocenters. The lowest BCUT2D eigenvalue weighted by atomic mass is 9.96. The van der Waals surface area contributed by atoms with E-state index in [4.69, 9.17) is 35.8 Å². The third-order valence-corrected chi connectivity index (χ3v) is 8.04. The second-order valence-electron chi connectivity index (χ2n) is 10.4. The molecule has 0 unspecified atom stereocenters. The lowest BCUT2D eigenvalue weighted by Gasteiger charge is -2.25. The van der Waals surface area contributed by atoms with Crippen LogP contribution < -0.4 is 14.8 Å². The van der Waals surface area contributed by atoms with E-state index in [2.05, 4.69) is 25.0 Å². The van der Waals surface area contributed by atoms with Crippen LogP contribution in [-0.2, 0) is 16.3 Å². The molecular formula is C26H35ClN4O4Si. The maximum atomic E-state index is 11.0. The number of pyridine rings is 1. The normalized spacial score (nSPS) is 14.0. The molecule has 10 heteroatoms. The van der Waals surface area contributed by atoms with Gasteiger partial charge in [0.1, 0.15) is 30.7 Å². The molecular weight excluding hydrogens is 496 g/mol. The van der Waals surface area contributed by atoms with Crippen molar-refractivity contribution in [3.05, 3.63) is 35.4 Å². The molecule has 2 aromatic heterocycles. The highest BCUT2D eigenvalue weighted by Crippen LogP contribution is 2.33. The summed E-state index contributed by atoms with van der Waals surface area (Å²) in [4.78, 5) is 20.6. The topological polar surface area (TPSA) is 87.5 Å². The Morgan fingerprint density at radius 3 is 2.56 bits per heavy atom. The first-order chi connectivity index (χ1) is 17.2. The summed E-state index contributed by atoms with van der Waals surface area (Å²) in [6, 6.07) is 11.0. The first-order valence-corrected chi connectivity index (χ1v) is 16.6. The Hall–Kier alpha value is -2.62. The van der Waals surface area contributed by atoms with Crippen molar-refractivity contribution in [3.8, 4) is 23.0 Å². The van der Waals surface area contributed by atoms with Gasteiger partial charge in [0, 0.05) is 27.2 Å². The zero-order valence-corrected chi connectivity index (χ0v) is 23.2. The number of fused-ring (bicyclic) bond motifs is 1. The van der Waals surface area contributed by atoms with Crippen LogP contribution in [0.5, 0.6) is 11.8 Å². The second-order valence-corrected chi connectivity index (χ2v) is 16.4. The average Bonchev–Trinajstić information content (AvgIpc) is 3.12. The van der Waals surface area contributed by atoms with E-state index in [1.807, 2.05) is 34.9 Å². The number of benzene rings is 1.